The number of rotatable bonds is 5. The molecule has 0 bridgehead atoms. The third kappa shape index (κ3) is 3.13. The minimum atomic E-state index is 0.674. The molecule has 0 saturated carbocycles. The van der Waals surface area contributed by atoms with Crippen molar-refractivity contribution in [2.24, 2.45) is 7.05 Å². The van der Waals surface area contributed by atoms with Gasteiger partial charge in [0.15, 0.2) is 5.82 Å². The van der Waals surface area contributed by atoms with E-state index in [0.29, 0.717) is 5.69 Å². The number of nitrogens with two attached hydrogens (primary N) is 1. The summed E-state index contributed by atoms with van der Waals surface area (Å²) in [7, 11) is 3.48. The number of ether oxygens (including phenoxy) is 1. The van der Waals surface area contributed by atoms with Crippen LogP contribution >= 0.6 is 0 Å². The molecule has 0 radical (unpaired) electrons. The third-order valence-corrected chi connectivity index (χ3v) is 2.49. The number of nitrogens with zero attached hydrogens (tertiary/aromatic N) is 3. The molecule has 6 heteroatoms. The largest absolute Gasteiger partial charge is 0.497 e. The van der Waals surface area contributed by atoms with E-state index in [1.807, 2.05) is 19.2 Å². The molecule has 0 amide bonds. The Morgan fingerprint density at radius 1 is 1.39 bits per heavy atom. The Morgan fingerprint density at radius 3 is 2.89 bits per heavy atom. The molecule has 96 valence electrons. The lowest BCUT2D eigenvalue weighted by Crippen LogP contribution is -2.07. The number of aromatic nitrogens is 3. The van der Waals surface area contributed by atoms with Crippen molar-refractivity contribution in [3.05, 3.63) is 30.4 Å². The molecule has 18 heavy (non-hydrogen) atoms. The standard InChI is InChI=1S/C12H17N5O/c1-17-8-15-12(16-17)3-4-14-10-5-9(13)6-11(7-10)18-2/h5-8,14H,3-4,13H2,1-2H3. The summed E-state index contributed by atoms with van der Waals surface area (Å²) in [6, 6.07) is 5.56. The zero-order valence-electron chi connectivity index (χ0n) is 10.6. The van der Waals surface area contributed by atoms with E-state index in [1.54, 1.807) is 24.2 Å². The molecule has 0 spiro atoms. The second kappa shape index (κ2) is 5.39. The van der Waals surface area contributed by atoms with Crippen LogP contribution in [0, 0.1) is 0 Å². The minimum absolute atomic E-state index is 0.674. The highest BCUT2D eigenvalue weighted by Crippen LogP contribution is 2.21. The van der Waals surface area contributed by atoms with Crippen molar-refractivity contribution in [2.45, 2.75) is 6.42 Å². The molecule has 0 fully saturated rings. The molecule has 3 N–H and O–H groups in total. The smallest absolute Gasteiger partial charge is 0.152 e. The molecule has 1 aromatic heterocycles. The second-order valence-electron chi connectivity index (χ2n) is 4.01. The van der Waals surface area contributed by atoms with Crippen molar-refractivity contribution in [3.63, 3.8) is 0 Å². The first-order valence-electron chi connectivity index (χ1n) is 5.70. The van der Waals surface area contributed by atoms with Crippen LogP contribution in [0.1, 0.15) is 5.82 Å². The van der Waals surface area contributed by atoms with Gasteiger partial charge in [0.05, 0.1) is 7.11 Å². The van der Waals surface area contributed by atoms with Crippen LogP contribution in [0.2, 0.25) is 0 Å². The van der Waals surface area contributed by atoms with Crippen LogP contribution in [0.5, 0.6) is 5.75 Å². The molecule has 0 aliphatic carbocycles. The summed E-state index contributed by atoms with van der Waals surface area (Å²) in [4.78, 5) is 4.16. The summed E-state index contributed by atoms with van der Waals surface area (Å²) in [5, 5.41) is 7.48. The SMILES string of the molecule is COc1cc(N)cc(NCCc2ncn(C)n2)c1. The molecule has 2 aromatic rings. The van der Waals surface area contributed by atoms with Gasteiger partial charge in [0.1, 0.15) is 12.1 Å². The van der Waals surface area contributed by atoms with Crippen LogP contribution in [0.3, 0.4) is 0 Å². The molecular formula is C12H17N5O. The summed E-state index contributed by atoms with van der Waals surface area (Å²) in [5.41, 5.74) is 7.38. The van der Waals surface area contributed by atoms with Gasteiger partial charge in [0, 0.05) is 43.5 Å². The van der Waals surface area contributed by atoms with Gasteiger partial charge in [-0.15, -0.1) is 0 Å². The van der Waals surface area contributed by atoms with Gasteiger partial charge >= 0.3 is 0 Å². The second-order valence-corrected chi connectivity index (χ2v) is 4.01. The third-order valence-electron chi connectivity index (χ3n) is 2.49. The topological polar surface area (TPSA) is 78.0 Å². The number of nitrogens with one attached hydrogen (secondary N) is 1. The van der Waals surface area contributed by atoms with E-state index in [-0.39, 0.29) is 0 Å². The highest BCUT2D eigenvalue weighted by molar-refractivity contribution is 5.59. The zero-order chi connectivity index (χ0) is 13.0. The number of hydrogen-bond donors (Lipinski definition) is 2. The van der Waals surface area contributed by atoms with Crippen LogP contribution in [0.25, 0.3) is 0 Å². The number of methoxy groups -OCH3 is 1. The molecule has 0 unspecified atom stereocenters. The van der Waals surface area contributed by atoms with E-state index in [9.17, 15) is 0 Å². The van der Waals surface area contributed by atoms with Gasteiger partial charge in [-0.1, -0.05) is 0 Å². The molecule has 0 aliphatic heterocycles. The number of anilines is 2. The molecule has 1 heterocycles. The molecule has 2 rings (SSSR count). The predicted octanol–water partition coefficient (Wildman–Crippen LogP) is 1.06. The molecule has 0 aliphatic rings. The number of nitrogen functional groups attached to an aromatic ring is 1. The molecular weight excluding hydrogens is 230 g/mol. The van der Waals surface area contributed by atoms with Crippen molar-refractivity contribution in [1.29, 1.82) is 0 Å². The fourth-order valence-corrected chi connectivity index (χ4v) is 1.66. The Kier molecular flexibility index (Phi) is 3.66. The Morgan fingerprint density at radius 2 is 2.22 bits per heavy atom. The normalized spacial score (nSPS) is 10.3. The molecule has 6 nitrogen and oxygen atoms in total. The van der Waals surface area contributed by atoms with Crippen LogP contribution < -0.4 is 15.8 Å². The number of aryl methyl sites for hydroxylation is 1. The first-order chi connectivity index (χ1) is 8.67. The predicted molar refractivity (Wildman–Crippen MR) is 70.6 cm³/mol. The average Bonchev–Trinajstić information content (AvgIpc) is 2.74. The molecule has 0 saturated heterocycles. The Hall–Kier alpha value is -2.24. The lowest BCUT2D eigenvalue weighted by molar-refractivity contribution is 0.415. The van der Waals surface area contributed by atoms with E-state index in [4.69, 9.17) is 10.5 Å². The maximum absolute atomic E-state index is 5.77. The Balaban J connectivity index is 1.91. The zero-order valence-corrected chi connectivity index (χ0v) is 10.6. The summed E-state index contributed by atoms with van der Waals surface area (Å²) >= 11 is 0. The maximum atomic E-state index is 5.77. The maximum Gasteiger partial charge on any atom is 0.152 e. The fourth-order valence-electron chi connectivity index (χ4n) is 1.66. The highest BCUT2D eigenvalue weighted by Gasteiger charge is 2.01. The van der Waals surface area contributed by atoms with Gasteiger partial charge in [0.25, 0.3) is 0 Å². The highest BCUT2D eigenvalue weighted by atomic mass is 16.5. The van der Waals surface area contributed by atoms with E-state index in [1.165, 1.54) is 0 Å². The van der Waals surface area contributed by atoms with E-state index >= 15 is 0 Å². The molecule has 0 atom stereocenters. The van der Waals surface area contributed by atoms with E-state index < -0.39 is 0 Å². The Labute approximate surface area is 106 Å². The van der Waals surface area contributed by atoms with Crippen LogP contribution in [0.15, 0.2) is 24.5 Å². The van der Waals surface area contributed by atoms with Gasteiger partial charge in [-0.05, 0) is 6.07 Å². The van der Waals surface area contributed by atoms with Crippen LogP contribution in [-0.4, -0.2) is 28.4 Å². The van der Waals surface area contributed by atoms with Gasteiger partial charge in [0.2, 0.25) is 0 Å². The van der Waals surface area contributed by atoms with Crippen molar-refractivity contribution < 1.29 is 4.74 Å². The summed E-state index contributed by atoms with van der Waals surface area (Å²) in [6.07, 6.45) is 2.46. The first kappa shape index (κ1) is 12.2. The van der Waals surface area contributed by atoms with Gasteiger partial charge in [-0.3, -0.25) is 4.68 Å². The minimum Gasteiger partial charge on any atom is -0.497 e. The lowest BCUT2D eigenvalue weighted by Gasteiger charge is -2.08. The van der Waals surface area contributed by atoms with Crippen LogP contribution in [-0.2, 0) is 13.5 Å². The van der Waals surface area contributed by atoms with Crippen molar-refractivity contribution >= 4 is 11.4 Å². The van der Waals surface area contributed by atoms with Crippen molar-refractivity contribution in [1.82, 2.24) is 14.8 Å². The monoisotopic (exact) mass is 247 g/mol. The van der Waals surface area contributed by atoms with E-state index in [2.05, 4.69) is 15.4 Å². The van der Waals surface area contributed by atoms with Crippen LogP contribution in [0.4, 0.5) is 11.4 Å². The summed E-state index contributed by atoms with van der Waals surface area (Å²) in [5.74, 6) is 1.56. The lowest BCUT2D eigenvalue weighted by atomic mass is 10.2. The van der Waals surface area contributed by atoms with Crippen molar-refractivity contribution in [2.75, 3.05) is 24.7 Å². The molecule has 1 aromatic carbocycles. The fraction of sp³-hybridized carbons (Fsp3) is 0.333. The van der Waals surface area contributed by atoms with Gasteiger partial charge in [-0.25, -0.2) is 4.98 Å². The number of benzene rings is 1. The summed E-state index contributed by atoms with van der Waals surface area (Å²) in [6.45, 7) is 0.747. The Bertz CT molecular complexity index is 523. The summed E-state index contributed by atoms with van der Waals surface area (Å²) < 4.78 is 6.85. The van der Waals surface area contributed by atoms with Crippen molar-refractivity contribution in [3.8, 4) is 5.75 Å². The van der Waals surface area contributed by atoms with Gasteiger partial charge in [-0.2, -0.15) is 5.10 Å². The number of hydrogen-bond acceptors (Lipinski definition) is 5. The van der Waals surface area contributed by atoms with Gasteiger partial charge < -0.3 is 15.8 Å². The quantitative estimate of drug-likeness (QED) is 0.772. The average molecular weight is 247 g/mol. The van der Waals surface area contributed by atoms with E-state index in [0.717, 1.165) is 30.2 Å². The first-order valence-corrected chi connectivity index (χ1v) is 5.70.